The van der Waals surface area contributed by atoms with Crippen molar-refractivity contribution in [3.63, 3.8) is 0 Å². The van der Waals surface area contributed by atoms with Gasteiger partial charge in [0.2, 0.25) is 8.32 Å². The first-order valence-electron chi connectivity index (χ1n) is 7.43. The summed E-state index contributed by atoms with van der Waals surface area (Å²) in [5.41, 5.74) is 0. The van der Waals surface area contributed by atoms with E-state index in [9.17, 15) is 0 Å². The van der Waals surface area contributed by atoms with E-state index in [2.05, 4.69) is 68.2 Å². The maximum atomic E-state index is 6.69. The van der Waals surface area contributed by atoms with Crippen LogP contribution in [0.3, 0.4) is 0 Å². The summed E-state index contributed by atoms with van der Waals surface area (Å²) in [6.07, 6.45) is 0. The molecule has 0 aliphatic carbocycles. The van der Waals surface area contributed by atoms with E-state index in [-0.39, 0.29) is 0 Å². The van der Waals surface area contributed by atoms with E-state index in [1.807, 2.05) is 19.1 Å². The number of hydrogen-bond acceptors (Lipinski definition) is 2. The zero-order chi connectivity index (χ0) is 15.3. The Bertz CT molecular complexity index is 558. The molecule has 0 bridgehead atoms. The van der Waals surface area contributed by atoms with Gasteiger partial charge in [0.05, 0.1) is 0 Å². The molecule has 0 spiro atoms. The molecule has 0 saturated carbocycles. The quantitative estimate of drug-likeness (QED) is 0.762. The molecule has 0 heterocycles. The molecule has 0 amide bonds. The summed E-state index contributed by atoms with van der Waals surface area (Å²) in [7, 11) is -4.38. The Morgan fingerprint density at radius 2 is 1.24 bits per heavy atom. The zero-order valence-electron chi connectivity index (χ0n) is 13.3. The van der Waals surface area contributed by atoms with Crippen LogP contribution in [0.5, 0.6) is 0 Å². The largest absolute Gasteiger partial charge is 0.429 e. The Balaban J connectivity index is 2.32. The molecule has 2 aromatic carbocycles. The molecule has 2 aromatic rings. The van der Waals surface area contributed by atoms with Gasteiger partial charge in [-0.15, -0.1) is 0 Å². The van der Waals surface area contributed by atoms with Crippen LogP contribution in [0.2, 0.25) is 19.6 Å². The molecule has 0 radical (unpaired) electrons. The summed E-state index contributed by atoms with van der Waals surface area (Å²) >= 11 is 0. The molecular weight excluding hydrogens is 292 g/mol. The van der Waals surface area contributed by atoms with Gasteiger partial charge in [0, 0.05) is 6.61 Å². The van der Waals surface area contributed by atoms with Crippen molar-refractivity contribution in [3.8, 4) is 0 Å². The first kappa shape index (κ1) is 16.2. The molecule has 2 rings (SSSR count). The second kappa shape index (κ2) is 6.70. The fourth-order valence-electron chi connectivity index (χ4n) is 2.57. The van der Waals surface area contributed by atoms with Crippen LogP contribution in [0.1, 0.15) is 6.92 Å². The van der Waals surface area contributed by atoms with Crippen LogP contribution in [-0.4, -0.2) is 23.5 Å². The predicted octanol–water partition coefficient (Wildman–Crippen LogP) is 3.13. The monoisotopic (exact) mass is 316 g/mol. The highest BCUT2D eigenvalue weighted by Gasteiger charge is 2.41. The van der Waals surface area contributed by atoms with Crippen LogP contribution >= 0.6 is 0 Å². The van der Waals surface area contributed by atoms with Crippen molar-refractivity contribution in [2.45, 2.75) is 26.6 Å². The molecule has 0 N–H and O–H groups in total. The van der Waals surface area contributed by atoms with Crippen LogP contribution in [-0.2, 0) is 8.54 Å². The Kier molecular flexibility index (Phi) is 5.16. The molecule has 112 valence electrons. The van der Waals surface area contributed by atoms with E-state index in [1.54, 1.807) is 0 Å². The summed E-state index contributed by atoms with van der Waals surface area (Å²) in [5.74, 6) is 0. The van der Waals surface area contributed by atoms with E-state index in [0.717, 1.165) is 0 Å². The lowest BCUT2D eigenvalue weighted by atomic mass is 10.4. The number of rotatable bonds is 6. The molecule has 0 saturated heterocycles. The van der Waals surface area contributed by atoms with Gasteiger partial charge >= 0.3 is 8.56 Å². The zero-order valence-corrected chi connectivity index (χ0v) is 15.3. The van der Waals surface area contributed by atoms with Gasteiger partial charge in [-0.05, 0) is 36.9 Å². The molecule has 4 heteroatoms. The van der Waals surface area contributed by atoms with Crippen molar-refractivity contribution in [3.05, 3.63) is 60.7 Å². The minimum absolute atomic E-state index is 0.677. The first-order chi connectivity index (χ1) is 9.98. The van der Waals surface area contributed by atoms with Crippen LogP contribution in [0.15, 0.2) is 60.7 Å². The van der Waals surface area contributed by atoms with E-state index >= 15 is 0 Å². The number of hydrogen-bond donors (Lipinski definition) is 0. The van der Waals surface area contributed by atoms with Crippen molar-refractivity contribution in [1.29, 1.82) is 0 Å². The normalized spacial score (nSPS) is 14.7. The van der Waals surface area contributed by atoms with E-state index in [4.69, 9.17) is 8.54 Å². The van der Waals surface area contributed by atoms with Gasteiger partial charge in [-0.3, -0.25) is 0 Å². The average Bonchev–Trinajstić information content (AvgIpc) is 2.49. The van der Waals surface area contributed by atoms with Crippen molar-refractivity contribution in [1.82, 2.24) is 0 Å². The maximum Gasteiger partial charge on any atom is 0.359 e. The van der Waals surface area contributed by atoms with Crippen LogP contribution < -0.4 is 10.4 Å². The van der Waals surface area contributed by atoms with Gasteiger partial charge < -0.3 is 8.54 Å². The highest BCUT2D eigenvalue weighted by Crippen LogP contribution is 2.16. The van der Waals surface area contributed by atoms with Crippen LogP contribution in [0, 0.1) is 0 Å². The molecule has 2 nitrogen and oxygen atoms in total. The van der Waals surface area contributed by atoms with Crippen LogP contribution in [0.4, 0.5) is 0 Å². The summed E-state index contributed by atoms with van der Waals surface area (Å²) < 4.78 is 12.8. The molecule has 0 aliphatic heterocycles. The third kappa shape index (κ3) is 3.92. The Morgan fingerprint density at radius 1 is 0.762 bits per heavy atom. The van der Waals surface area contributed by atoms with Gasteiger partial charge in [-0.25, -0.2) is 0 Å². The maximum absolute atomic E-state index is 6.69. The third-order valence-corrected chi connectivity index (χ3v) is 11.2. The summed E-state index contributed by atoms with van der Waals surface area (Å²) in [6.45, 7) is 9.36. The molecule has 0 aromatic heterocycles. The van der Waals surface area contributed by atoms with Crippen molar-refractivity contribution < 1.29 is 8.54 Å². The van der Waals surface area contributed by atoms with Crippen molar-refractivity contribution in [2.75, 3.05) is 6.61 Å². The number of benzene rings is 2. The molecule has 1 atom stereocenters. The van der Waals surface area contributed by atoms with E-state index < -0.39 is 16.9 Å². The molecule has 21 heavy (non-hydrogen) atoms. The average molecular weight is 317 g/mol. The minimum Gasteiger partial charge on any atom is -0.429 e. The standard InChI is InChI=1S/C17H24O2Si2/c1-5-18-21(4,17-14-10-7-11-15-17)19-20(2,3)16-12-8-6-9-13-16/h6-15H,5H2,1-4H3. The van der Waals surface area contributed by atoms with E-state index in [1.165, 1.54) is 10.4 Å². The lowest BCUT2D eigenvalue weighted by Crippen LogP contribution is -2.61. The molecule has 0 fully saturated rings. The fraction of sp³-hybridized carbons (Fsp3) is 0.294. The third-order valence-electron chi connectivity index (χ3n) is 3.64. The molecule has 0 aliphatic rings. The Morgan fingerprint density at radius 3 is 1.71 bits per heavy atom. The fourth-order valence-corrected chi connectivity index (χ4v) is 10.2. The first-order valence-corrected chi connectivity index (χ1v) is 12.7. The highest BCUT2D eigenvalue weighted by atomic mass is 28.4. The van der Waals surface area contributed by atoms with Gasteiger partial charge in [0.1, 0.15) is 0 Å². The minimum atomic E-state index is -2.38. The second-order valence-electron chi connectivity index (χ2n) is 5.72. The summed E-state index contributed by atoms with van der Waals surface area (Å²) in [5, 5.41) is 2.50. The summed E-state index contributed by atoms with van der Waals surface area (Å²) in [6, 6.07) is 20.9. The molecular formula is C17H24O2Si2. The summed E-state index contributed by atoms with van der Waals surface area (Å²) in [4.78, 5) is 0. The predicted molar refractivity (Wildman–Crippen MR) is 94.0 cm³/mol. The van der Waals surface area contributed by atoms with Gasteiger partial charge in [-0.2, -0.15) is 0 Å². The topological polar surface area (TPSA) is 18.5 Å². The Labute approximate surface area is 130 Å². The van der Waals surface area contributed by atoms with Gasteiger partial charge in [0.15, 0.2) is 0 Å². The van der Waals surface area contributed by atoms with Crippen molar-refractivity contribution in [2.24, 2.45) is 0 Å². The molecule has 1 unspecified atom stereocenters. The van der Waals surface area contributed by atoms with E-state index in [0.29, 0.717) is 6.61 Å². The smallest absolute Gasteiger partial charge is 0.359 e. The van der Waals surface area contributed by atoms with Gasteiger partial charge in [0.25, 0.3) is 0 Å². The lowest BCUT2D eigenvalue weighted by molar-refractivity contribution is 0.269. The SMILES string of the molecule is CCO[Si](C)(O[Si](C)(C)c1ccccc1)c1ccccc1. The highest BCUT2D eigenvalue weighted by molar-refractivity contribution is 6.94. The van der Waals surface area contributed by atoms with Crippen molar-refractivity contribution >= 4 is 27.3 Å². The lowest BCUT2D eigenvalue weighted by Gasteiger charge is -2.35. The van der Waals surface area contributed by atoms with Gasteiger partial charge in [-0.1, -0.05) is 60.7 Å². The second-order valence-corrected chi connectivity index (χ2v) is 12.9. The Hall–Kier alpha value is -1.21. The van der Waals surface area contributed by atoms with Crippen LogP contribution in [0.25, 0.3) is 0 Å².